The van der Waals surface area contributed by atoms with Crippen molar-refractivity contribution >= 4 is 29.1 Å². The lowest BCUT2D eigenvalue weighted by Crippen LogP contribution is -2.28. The highest BCUT2D eigenvalue weighted by Gasteiger charge is 2.07. The Bertz CT molecular complexity index is 635. The Morgan fingerprint density at radius 3 is 2.78 bits per heavy atom. The highest BCUT2D eigenvalue weighted by molar-refractivity contribution is 6.35. The van der Waals surface area contributed by atoms with Gasteiger partial charge in [-0.05, 0) is 42.3 Å². The molecule has 122 valence electrons. The monoisotopic (exact) mass is 351 g/mol. The fourth-order valence-electron chi connectivity index (χ4n) is 2.08. The molecule has 0 fully saturated rings. The molecule has 0 aliphatic rings. The molecule has 1 aromatic carbocycles. The fourth-order valence-corrected chi connectivity index (χ4v) is 2.55. The molecule has 0 bridgehead atoms. The zero-order valence-electron chi connectivity index (χ0n) is 12.7. The van der Waals surface area contributed by atoms with Gasteiger partial charge in [-0.3, -0.25) is 9.78 Å². The second kappa shape index (κ2) is 9.50. The number of nitrogens with zero attached hydrogens (tertiary/aromatic N) is 1. The zero-order chi connectivity index (χ0) is 16.5. The smallest absolute Gasteiger partial charge is 0.224 e. The number of nitrogens with one attached hydrogen (secondary N) is 2. The molecule has 1 heterocycles. The summed E-state index contributed by atoms with van der Waals surface area (Å²) in [5, 5.41) is 7.29. The molecule has 0 saturated carbocycles. The number of pyridine rings is 1. The molecule has 2 N–H and O–H groups in total. The van der Waals surface area contributed by atoms with Gasteiger partial charge in [0.25, 0.3) is 0 Å². The molecule has 1 aromatic heterocycles. The van der Waals surface area contributed by atoms with Crippen molar-refractivity contribution in [1.82, 2.24) is 15.6 Å². The molecule has 23 heavy (non-hydrogen) atoms. The van der Waals surface area contributed by atoms with Crippen LogP contribution in [0.2, 0.25) is 10.0 Å². The third-order valence-corrected chi connectivity index (χ3v) is 3.86. The topological polar surface area (TPSA) is 54.0 Å². The van der Waals surface area contributed by atoms with Gasteiger partial charge in [0, 0.05) is 35.5 Å². The van der Waals surface area contributed by atoms with Crippen LogP contribution in [0.1, 0.15) is 17.5 Å². The minimum atomic E-state index is -0.0403. The van der Waals surface area contributed by atoms with Crippen molar-refractivity contribution in [3.63, 3.8) is 0 Å². The Morgan fingerprint density at radius 2 is 2.04 bits per heavy atom. The first kappa shape index (κ1) is 17.7. The van der Waals surface area contributed by atoms with Crippen molar-refractivity contribution in [3.8, 4) is 0 Å². The Balaban J connectivity index is 1.59. The lowest BCUT2D eigenvalue weighted by Gasteiger charge is -2.08. The number of aromatic nitrogens is 1. The highest BCUT2D eigenvalue weighted by Crippen LogP contribution is 2.21. The number of hydrogen-bond donors (Lipinski definition) is 2. The van der Waals surface area contributed by atoms with Crippen LogP contribution in [0.15, 0.2) is 42.7 Å². The van der Waals surface area contributed by atoms with Crippen molar-refractivity contribution in [2.45, 2.75) is 19.4 Å². The largest absolute Gasteiger partial charge is 0.356 e. The number of carbonyl (C=O) groups excluding carboxylic acids is 1. The standard InChI is InChI=1S/C17H19Cl2N3O/c18-15-5-4-14(16(19)10-15)9-17(23)22-8-2-7-21-12-13-3-1-6-20-11-13/h1,3-6,10-11,21H,2,7-9,12H2,(H,22,23). The number of benzene rings is 1. The Morgan fingerprint density at radius 1 is 1.17 bits per heavy atom. The first-order valence-electron chi connectivity index (χ1n) is 7.45. The van der Waals surface area contributed by atoms with Crippen LogP contribution >= 0.6 is 23.2 Å². The van der Waals surface area contributed by atoms with Crippen LogP contribution in [0.4, 0.5) is 0 Å². The quantitative estimate of drug-likeness (QED) is 0.718. The molecule has 0 atom stereocenters. The van der Waals surface area contributed by atoms with Gasteiger partial charge in [0.2, 0.25) is 5.91 Å². The predicted molar refractivity (Wildman–Crippen MR) is 93.7 cm³/mol. The van der Waals surface area contributed by atoms with E-state index in [0.717, 1.165) is 30.6 Å². The number of hydrogen-bond acceptors (Lipinski definition) is 3. The van der Waals surface area contributed by atoms with Gasteiger partial charge in [-0.15, -0.1) is 0 Å². The second-order valence-corrected chi connectivity index (χ2v) is 6.00. The molecule has 0 spiro atoms. The number of amides is 1. The van der Waals surface area contributed by atoms with E-state index in [1.807, 2.05) is 18.3 Å². The molecular weight excluding hydrogens is 333 g/mol. The van der Waals surface area contributed by atoms with Gasteiger partial charge in [-0.2, -0.15) is 0 Å². The van der Waals surface area contributed by atoms with Gasteiger partial charge in [0.1, 0.15) is 0 Å². The van der Waals surface area contributed by atoms with Crippen LogP contribution < -0.4 is 10.6 Å². The molecule has 0 aliphatic carbocycles. The van der Waals surface area contributed by atoms with E-state index >= 15 is 0 Å². The number of rotatable bonds is 8. The van der Waals surface area contributed by atoms with Crippen molar-refractivity contribution in [3.05, 3.63) is 63.9 Å². The highest BCUT2D eigenvalue weighted by atomic mass is 35.5. The first-order valence-corrected chi connectivity index (χ1v) is 8.21. The Labute approximate surface area is 146 Å². The second-order valence-electron chi connectivity index (χ2n) is 5.15. The maximum absolute atomic E-state index is 11.9. The van der Waals surface area contributed by atoms with Crippen LogP contribution in [-0.2, 0) is 17.8 Å². The summed E-state index contributed by atoms with van der Waals surface area (Å²) >= 11 is 11.9. The average Bonchev–Trinajstić information content (AvgIpc) is 2.54. The summed E-state index contributed by atoms with van der Waals surface area (Å²) in [4.78, 5) is 15.9. The van der Waals surface area contributed by atoms with Gasteiger partial charge in [-0.25, -0.2) is 0 Å². The molecule has 0 unspecified atom stereocenters. The van der Waals surface area contributed by atoms with Crippen LogP contribution in [0.25, 0.3) is 0 Å². The Hall–Kier alpha value is -1.62. The van der Waals surface area contributed by atoms with E-state index in [4.69, 9.17) is 23.2 Å². The van der Waals surface area contributed by atoms with Crippen LogP contribution in [0.3, 0.4) is 0 Å². The summed E-state index contributed by atoms with van der Waals surface area (Å²) in [7, 11) is 0. The minimum Gasteiger partial charge on any atom is -0.356 e. The minimum absolute atomic E-state index is 0.0403. The zero-order valence-corrected chi connectivity index (χ0v) is 14.2. The van der Waals surface area contributed by atoms with Gasteiger partial charge < -0.3 is 10.6 Å². The van der Waals surface area contributed by atoms with Crippen LogP contribution in [0, 0.1) is 0 Å². The van der Waals surface area contributed by atoms with Crippen LogP contribution in [0.5, 0.6) is 0 Å². The summed E-state index contributed by atoms with van der Waals surface area (Å²) in [6.45, 7) is 2.24. The van der Waals surface area contributed by atoms with E-state index in [0.29, 0.717) is 16.6 Å². The maximum atomic E-state index is 11.9. The van der Waals surface area contributed by atoms with Gasteiger partial charge >= 0.3 is 0 Å². The molecule has 2 aromatic rings. The molecule has 0 aliphatic heterocycles. The Kier molecular flexibility index (Phi) is 7.33. The predicted octanol–water partition coefficient (Wildman–Crippen LogP) is 3.23. The average molecular weight is 352 g/mol. The number of carbonyl (C=O) groups is 1. The molecule has 0 saturated heterocycles. The summed E-state index contributed by atoms with van der Waals surface area (Å²) in [5.41, 5.74) is 1.93. The van der Waals surface area contributed by atoms with Crippen molar-refractivity contribution in [2.75, 3.05) is 13.1 Å². The first-order chi connectivity index (χ1) is 11.1. The maximum Gasteiger partial charge on any atom is 0.224 e. The summed E-state index contributed by atoms with van der Waals surface area (Å²) in [5.74, 6) is -0.0403. The molecule has 4 nitrogen and oxygen atoms in total. The van der Waals surface area contributed by atoms with E-state index in [2.05, 4.69) is 15.6 Å². The van der Waals surface area contributed by atoms with E-state index in [1.165, 1.54) is 0 Å². The third-order valence-electron chi connectivity index (χ3n) is 3.27. The van der Waals surface area contributed by atoms with E-state index < -0.39 is 0 Å². The molecule has 1 amide bonds. The van der Waals surface area contributed by atoms with Crippen molar-refractivity contribution < 1.29 is 4.79 Å². The molecule has 2 rings (SSSR count). The lowest BCUT2D eigenvalue weighted by molar-refractivity contribution is -0.120. The molecular formula is C17H19Cl2N3O. The van der Waals surface area contributed by atoms with Gasteiger partial charge in [0.05, 0.1) is 6.42 Å². The number of halogens is 2. The van der Waals surface area contributed by atoms with E-state index in [-0.39, 0.29) is 12.3 Å². The van der Waals surface area contributed by atoms with Crippen molar-refractivity contribution in [1.29, 1.82) is 0 Å². The lowest BCUT2D eigenvalue weighted by atomic mass is 10.1. The SMILES string of the molecule is O=C(Cc1ccc(Cl)cc1Cl)NCCCNCc1cccnc1. The van der Waals surface area contributed by atoms with E-state index in [1.54, 1.807) is 24.4 Å². The normalized spacial score (nSPS) is 10.5. The molecule has 6 heteroatoms. The third kappa shape index (κ3) is 6.57. The van der Waals surface area contributed by atoms with Gasteiger partial charge in [0.15, 0.2) is 0 Å². The van der Waals surface area contributed by atoms with Crippen LogP contribution in [-0.4, -0.2) is 24.0 Å². The summed E-state index contributed by atoms with van der Waals surface area (Å²) in [6.07, 6.45) is 4.72. The summed E-state index contributed by atoms with van der Waals surface area (Å²) in [6, 6.07) is 9.10. The molecule has 0 radical (unpaired) electrons. The fraction of sp³-hybridized carbons (Fsp3) is 0.294. The summed E-state index contributed by atoms with van der Waals surface area (Å²) < 4.78 is 0. The van der Waals surface area contributed by atoms with Gasteiger partial charge in [-0.1, -0.05) is 35.3 Å². The van der Waals surface area contributed by atoms with E-state index in [9.17, 15) is 4.79 Å². The van der Waals surface area contributed by atoms with Crippen molar-refractivity contribution in [2.24, 2.45) is 0 Å².